The number of nitrogens with zero attached hydrogens (tertiary/aromatic N) is 2. The SMILES string of the molecule is CC1COC2(CCC([N+](=O)[O-])CC2[N+](=O)[O-])O1. The monoisotopic (exact) mass is 246 g/mol. The summed E-state index contributed by atoms with van der Waals surface area (Å²) >= 11 is 0. The van der Waals surface area contributed by atoms with Gasteiger partial charge in [0.1, 0.15) is 0 Å². The third kappa shape index (κ3) is 2.09. The molecule has 1 saturated carbocycles. The van der Waals surface area contributed by atoms with Gasteiger partial charge >= 0.3 is 0 Å². The van der Waals surface area contributed by atoms with E-state index in [-0.39, 0.29) is 25.4 Å². The quantitative estimate of drug-likeness (QED) is 0.521. The summed E-state index contributed by atoms with van der Waals surface area (Å²) in [6.45, 7) is 2.07. The van der Waals surface area contributed by atoms with Crippen molar-refractivity contribution in [3.8, 4) is 0 Å². The van der Waals surface area contributed by atoms with Crippen molar-refractivity contribution in [3.05, 3.63) is 20.2 Å². The maximum Gasteiger partial charge on any atom is 0.272 e. The first kappa shape index (κ1) is 12.2. The second kappa shape index (κ2) is 4.19. The zero-order valence-corrected chi connectivity index (χ0v) is 9.40. The average Bonchev–Trinajstić information content (AvgIpc) is 2.60. The van der Waals surface area contributed by atoms with Crippen molar-refractivity contribution in [1.82, 2.24) is 0 Å². The maximum atomic E-state index is 11.0. The van der Waals surface area contributed by atoms with Gasteiger partial charge in [0.05, 0.1) is 19.1 Å². The summed E-state index contributed by atoms with van der Waals surface area (Å²) in [7, 11) is 0. The number of rotatable bonds is 2. The van der Waals surface area contributed by atoms with Gasteiger partial charge in [-0.3, -0.25) is 20.2 Å². The van der Waals surface area contributed by atoms with Crippen LogP contribution in [0.1, 0.15) is 26.2 Å². The molecule has 0 aromatic heterocycles. The van der Waals surface area contributed by atoms with Crippen molar-refractivity contribution >= 4 is 0 Å². The number of ether oxygens (including phenoxy) is 2. The predicted octanol–water partition coefficient (Wildman–Crippen LogP) is 0.593. The van der Waals surface area contributed by atoms with Gasteiger partial charge in [-0.05, 0) is 6.92 Å². The highest BCUT2D eigenvalue weighted by Gasteiger charge is 2.59. The third-order valence-electron chi connectivity index (χ3n) is 3.34. The third-order valence-corrected chi connectivity index (χ3v) is 3.34. The minimum atomic E-state index is -1.25. The molecular formula is C9H14N2O6. The molecule has 0 bridgehead atoms. The van der Waals surface area contributed by atoms with Crippen molar-refractivity contribution in [3.63, 3.8) is 0 Å². The fourth-order valence-corrected chi connectivity index (χ4v) is 2.50. The normalized spacial score (nSPS) is 41.6. The first-order chi connectivity index (χ1) is 7.94. The highest BCUT2D eigenvalue weighted by molar-refractivity contribution is 4.91. The van der Waals surface area contributed by atoms with Gasteiger partial charge in [0, 0.05) is 22.7 Å². The summed E-state index contributed by atoms with van der Waals surface area (Å²) in [4.78, 5) is 20.7. The Bertz CT molecular complexity index is 348. The molecule has 0 aromatic rings. The second-order valence-corrected chi connectivity index (χ2v) is 4.57. The van der Waals surface area contributed by atoms with Crippen LogP contribution in [0.25, 0.3) is 0 Å². The van der Waals surface area contributed by atoms with Crippen LogP contribution >= 0.6 is 0 Å². The molecule has 1 aliphatic carbocycles. The molecule has 0 radical (unpaired) electrons. The van der Waals surface area contributed by atoms with Crippen molar-refractivity contribution in [2.24, 2.45) is 0 Å². The molecule has 1 spiro atoms. The Labute approximate surface area is 97.2 Å². The first-order valence-corrected chi connectivity index (χ1v) is 5.53. The molecule has 17 heavy (non-hydrogen) atoms. The van der Waals surface area contributed by atoms with Crippen LogP contribution in [-0.4, -0.2) is 40.4 Å². The standard InChI is InChI=1S/C9H14N2O6/c1-6-5-16-9(17-6)3-2-7(10(12)13)4-8(9)11(14)15/h6-8H,2-5H2,1H3. The first-order valence-electron chi connectivity index (χ1n) is 5.53. The molecule has 1 saturated heterocycles. The summed E-state index contributed by atoms with van der Waals surface area (Å²) in [6, 6.07) is -2.03. The number of hydrogen-bond donors (Lipinski definition) is 0. The van der Waals surface area contributed by atoms with Gasteiger partial charge in [0.25, 0.3) is 6.04 Å². The smallest absolute Gasteiger partial charge is 0.272 e. The molecule has 0 amide bonds. The van der Waals surface area contributed by atoms with Gasteiger partial charge in [-0.1, -0.05) is 0 Å². The lowest BCUT2D eigenvalue weighted by atomic mass is 9.86. The highest BCUT2D eigenvalue weighted by atomic mass is 16.8. The molecule has 0 N–H and O–H groups in total. The van der Waals surface area contributed by atoms with Gasteiger partial charge in [-0.25, -0.2) is 0 Å². The van der Waals surface area contributed by atoms with Crippen LogP contribution in [-0.2, 0) is 9.47 Å². The Balaban J connectivity index is 2.18. The maximum absolute atomic E-state index is 11.0. The Morgan fingerprint density at radius 1 is 1.29 bits per heavy atom. The zero-order valence-electron chi connectivity index (χ0n) is 9.40. The summed E-state index contributed by atoms with van der Waals surface area (Å²) < 4.78 is 10.9. The van der Waals surface area contributed by atoms with E-state index < -0.39 is 27.7 Å². The summed E-state index contributed by atoms with van der Waals surface area (Å²) in [5, 5.41) is 21.7. The molecule has 1 aliphatic heterocycles. The van der Waals surface area contributed by atoms with Gasteiger partial charge < -0.3 is 9.47 Å². The van der Waals surface area contributed by atoms with Gasteiger partial charge in [0.15, 0.2) is 0 Å². The molecule has 2 aliphatic rings. The van der Waals surface area contributed by atoms with Crippen molar-refractivity contribution in [2.75, 3.05) is 6.61 Å². The van der Waals surface area contributed by atoms with Crippen LogP contribution < -0.4 is 0 Å². The molecule has 96 valence electrons. The Morgan fingerprint density at radius 3 is 2.47 bits per heavy atom. The Hall–Kier alpha value is -1.28. The van der Waals surface area contributed by atoms with E-state index in [1.54, 1.807) is 6.92 Å². The van der Waals surface area contributed by atoms with Gasteiger partial charge in [-0.2, -0.15) is 0 Å². The van der Waals surface area contributed by atoms with E-state index in [4.69, 9.17) is 9.47 Å². The van der Waals surface area contributed by atoms with Crippen LogP contribution in [0, 0.1) is 20.2 Å². The molecule has 4 unspecified atom stereocenters. The molecule has 1 heterocycles. The van der Waals surface area contributed by atoms with Crippen LogP contribution in [0.3, 0.4) is 0 Å². The average molecular weight is 246 g/mol. The van der Waals surface area contributed by atoms with Crippen LogP contribution in [0.2, 0.25) is 0 Å². The van der Waals surface area contributed by atoms with Crippen LogP contribution in [0.15, 0.2) is 0 Å². The predicted molar refractivity (Wildman–Crippen MR) is 54.6 cm³/mol. The molecule has 2 rings (SSSR count). The summed E-state index contributed by atoms with van der Waals surface area (Å²) in [6.07, 6.45) is 0.121. The van der Waals surface area contributed by atoms with Crippen LogP contribution in [0.4, 0.5) is 0 Å². The van der Waals surface area contributed by atoms with E-state index >= 15 is 0 Å². The van der Waals surface area contributed by atoms with E-state index in [1.165, 1.54) is 0 Å². The van der Waals surface area contributed by atoms with Crippen LogP contribution in [0.5, 0.6) is 0 Å². The lowest BCUT2D eigenvalue weighted by Crippen LogP contribution is -2.54. The molecule has 4 atom stereocenters. The zero-order chi connectivity index (χ0) is 12.6. The molecule has 8 heteroatoms. The minimum absolute atomic E-state index is 0.132. The summed E-state index contributed by atoms with van der Waals surface area (Å²) in [5.74, 6) is -1.25. The van der Waals surface area contributed by atoms with Crippen molar-refractivity contribution in [2.45, 2.75) is 50.2 Å². The van der Waals surface area contributed by atoms with Gasteiger partial charge in [0.2, 0.25) is 11.8 Å². The number of hydrogen-bond acceptors (Lipinski definition) is 6. The second-order valence-electron chi connectivity index (χ2n) is 4.57. The van der Waals surface area contributed by atoms with E-state index in [0.29, 0.717) is 6.61 Å². The Morgan fingerprint density at radius 2 is 2.00 bits per heavy atom. The van der Waals surface area contributed by atoms with Crippen molar-refractivity contribution < 1.29 is 19.3 Å². The molecule has 8 nitrogen and oxygen atoms in total. The largest absolute Gasteiger partial charge is 0.341 e. The van der Waals surface area contributed by atoms with E-state index in [9.17, 15) is 20.2 Å². The summed E-state index contributed by atoms with van der Waals surface area (Å²) in [5.41, 5.74) is 0. The molecular weight excluding hydrogens is 232 g/mol. The molecule has 0 aromatic carbocycles. The fourth-order valence-electron chi connectivity index (χ4n) is 2.50. The Kier molecular flexibility index (Phi) is 3.00. The fraction of sp³-hybridized carbons (Fsp3) is 1.00. The molecule has 2 fully saturated rings. The number of nitro groups is 2. The topological polar surface area (TPSA) is 105 Å². The minimum Gasteiger partial charge on any atom is -0.341 e. The van der Waals surface area contributed by atoms with E-state index in [2.05, 4.69) is 0 Å². The van der Waals surface area contributed by atoms with E-state index in [1.807, 2.05) is 0 Å². The van der Waals surface area contributed by atoms with E-state index in [0.717, 1.165) is 0 Å². The van der Waals surface area contributed by atoms with Crippen molar-refractivity contribution in [1.29, 1.82) is 0 Å². The highest BCUT2D eigenvalue weighted by Crippen LogP contribution is 2.40. The lowest BCUT2D eigenvalue weighted by Gasteiger charge is -2.34. The lowest BCUT2D eigenvalue weighted by molar-refractivity contribution is -0.596. The van der Waals surface area contributed by atoms with Gasteiger partial charge in [-0.15, -0.1) is 0 Å².